The van der Waals surface area contributed by atoms with Gasteiger partial charge in [0.25, 0.3) is 0 Å². The quantitative estimate of drug-likeness (QED) is 0.487. The lowest BCUT2D eigenvalue weighted by Gasteiger charge is -1.80. The molecule has 0 heterocycles. The van der Waals surface area contributed by atoms with E-state index >= 15 is 0 Å². The zero-order chi connectivity index (χ0) is 7.82. The predicted molar refractivity (Wildman–Crippen MR) is 40.8 cm³/mol. The lowest BCUT2D eigenvalue weighted by Crippen LogP contribution is -1.88. The smallest absolute Gasteiger partial charge is 0.302 e. The lowest BCUT2D eigenvalue weighted by atomic mass is 10.4. The third-order valence-corrected chi connectivity index (χ3v) is 1.54. The van der Waals surface area contributed by atoms with Crippen molar-refractivity contribution in [3.8, 4) is 0 Å². The fourth-order valence-corrected chi connectivity index (χ4v) is 0.884. The van der Waals surface area contributed by atoms with E-state index in [1.165, 1.54) is 46.1 Å². The molecule has 0 aliphatic heterocycles. The van der Waals surface area contributed by atoms with Crippen LogP contribution in [-0.2, 0) is 9.53 Å². The highest BCUT2D eigenvalue weighted by atomic mass is 16.5. The van der Waals surface area contributed by atoms with Crippen LogP contribution < -0.4 is 0 Å². The van der Waals surface area contributed by atoms with Gasteiger partial charge in [-0.15, -0.1) is 0 Å². The molecular formula is C8H16O2. The molecule has 0 atom stereocenters. The molecule has 0 saturated heterocycles. The van der Waals surface area contributed by atoms with Gasteiger partial charge in [0.05, 0.1) is 7.11 Å². The summed E-state index contributed by atoms with van der Waals surface area (Å²) < 4.78 is 4.11. The van der Waals surface area contributed by atoms with Crippen molar-refractivity contribution in [2.75, 3.05) is 7.11 Å². The fraction of sp³-hybridized carbons (Fsp3) is 0.875. The normalized spacial score (nSPS) is 15.4. The van der Waals surface area contributed by atoms with Gasteiger partial charge in [0, 0.05) is 6.92 Å². The van der Waals surface area contributed by atoms with Crippen molar-refractivity contribution in [1.29, 1.82) is 0 Å². The zero-order valence-corrected chi connectivity index (χ0v) is 6.85. The van der Waals surface area contributed by atoms with Crippen LogP contribution in [0.25, 0.3) is 0 Å². The summed E-state index contributed by atoms with van der Waals surface area (Å²) in [4.78, 5) is 9.59. The second-order valence-corrected chi connectivity index (χ2v) is 2.46. The molecule has 0 bridgehead atoms. The van der Waals surface area contributed by atoms with Gasteiger partial charge in [0.2, 0.25) is 0 Å². The minimum Gasteiger partial charge on any atom is -0.469 e. The first-order chi connectivity index (χ1) is 4.77. The van der Waals surface area contributed by atoms with Crippen LogP contribution >= 0.6 is 0 Å². The van der Waals surface area contributed by atoms with E-state index in [1.807, 2.05) is 0 Å². The third-order valence-electron chi connectivity index (χ3n) is 1.54. The summed E-state index contributed by atoms with van der Waals surface area (Å²) in [7, 11) is 1.35. The molecule has 0 unspecified atom stereocenters. The fourth-order valence-electron chi connectivity index (χ4n) is 0.884. The SMILES string of the molecule is C1CCCC1.COC(C)=O. The predicted octanol–water partition coefficient (Wildman–Crippen LogP) is 2.13. The highest BCUT2D eigenvalue weighted by molar-refractivity contribution is 5.65. The number of esters is 1. The molecule has 2 heteroatoms. The first kappa shape index (κ1) is 9.47. The molecule has 10 heavy (non-hydrogen) atoms. The van der Waals surface area contributed by atoms with E-state index in [0.717, 1.165) is 0 Å². The Labute approximate surface area is 62.6 Å². The summed E-state index contributed by atoms with van der Waals surface area (Å²) in [6.07, 6.45) is 7.50. The standard InChI is InChI=1S/C5H10.C3H6O2/c1-2-4-5-3-1;1-3(4)5-2/h1-5H2;1-2H3. The van der Waals surface area contributed by atoms with E-state index in [4.69, 9.17) is 0 Å². The lowest BCUT2D eigenvalue weighted by molar-refractivity contribution is -0.137. The van der Waals surface area contributed by atoms with Gasteiger partial charge in [-0.1, -0.05) is 32.1 Å². The summed E-state index contributed by atoms with van der Waals surface area (Å²) in [5, 5.41) is 0. The van der Waals surface area contributed by atoms with Crippen LogP contribution in [0.1, 0.15) is 39.0 Å². The number of carbonyl (C=O) groups excluding carboxylic acids is 1. The molecule has 1 rings (SSSR count). The van der Waals surface area contributed by atoms with Crippen molar-refractivity contribution in [3.63, 3.8) is 0 Å². The zero-order valence-electron chi connectivity index (χ0n) is 6.85. The number of hydrogen-bond donors (Lipinski definition) is 0. The van der Waals surface area contributed by atoms with E-state index in [1.54, 1.807) is 0 Å². The molecule has 2 nitrogen and oxygen atoms in total. The Bertz CT molecular complexity index is 77.6. The maximum atomic E-state index is 9.59. The molecule has 0 spiro atoms. The molecule has 0 N–H and O–H groups in total. The van der Waals surface area contributed by atoms with Gasteiger partial charge in [-0.3, -0.25) is 4.79 Å². The molecule has 0 radical (unpaired) electrons. The minimum absolute atomic E-state index is 0.245. The molecule has 1 saturated carbocycles. The van der Waals surface area contributed by atoms with Gasteiger partial charge < -0.3 is 4.74 Å². The van der Waals surface area contributed by atoms with Crippen LogP contribution in [-0.4, -0.2) is 13.1 Å². The second kappa shape index (κ2) is 6.59. The molecule has 0 amide bonds. The van der Waals surface area contributed by atoms with E-state index in [-0.39, 0.29) is 5.97 Å². The maximum Gasteiger partial charge on any atom is 0.302 e. The Morgan fingerprint density at radius 2 is 1.30 bits per heavy atom. The van der Waals surface area contributed by atoms with Crippen LogP contribution in [0.15, 0.2) is 0 Å². The monoisotopic (exact) mass is 144 g/mol. The van der Waals surface area contributed by atoms with Crippen molar-refractivity contribution in [2.45, 2.75) is 39.0 Å². The molecule has 1 fully saturated rings. The van der Waals surface area contributed by atoms with Gasteiger partial charge in [-0.25, -0.2) is 0 Å². The minimum atomic E-state index is -0.245. The maximum absolute atomic E-state index is 9.59. The van der Waals surface area contributed by atoms with E-state index in [2.05, 4.69) is 4.74 Å². The van der Waals surface area contributed by atoms with Crippen molar-refractivity contribution in [2.24, 2.45) is 0 Å². The number of methoxy groups -OCH3 is 1. The first-order valence-electron chi connectivity index (χ1n) is 3.82. The molecule has 0 aromatic carbocycles. The van der Waals surface area contributed by atoms with E-state index < -0.39 is 0 Å². The highest BCUT2D eigenvalue weighted by Gasteiger charge is 1.95. The van der Waals surface area contributed by atoms with Crippen LogP contribution in [0.5, 0.6) is 0 Å². The van der Waals surface area contributed by atoms with Crippen molar-refractivity contribution < 1.29 is 9.53 Å². The number of ether oxygens (including phenoxy) is 1. The van der Waals surface area contributed by atoms with Gasteiger partial charge >= 0.3 is 5.97 Å². The molecule has 60 valence electrons. The Hall–Kier alpha value is -0.530. The molecular weight excluding hydrogens is 128 g/mol. The van der Waals surface area contributed by atoms with Gasteiger partial charge in [-0.05, 0) is 0 Å². The summed E-state index contributed by atoms with van der Waals surface area (Å²) in [6.45, 7) is 1.36. The van der Waals surface area contributed by atoms with Crippen molar-refractivity contribution in [3.05, 3.63) is 0 Å². The van der Waals surface area contributed by atoms with Crippen LogP contribution in [0.3, 0.4) is 0 Å². The first-order valence-corrected chi connectivity index (χ1v) is 3.82. The summed E-state index contributed by atoms with van der Waals surface area (Å²) >= 11 is 0. The van der Waals surface area contributed by atoms with Crippen LogP contribution in [0, 0.1) is 0 Å². The number of rotatable bonds is 0. The Balaban J connectivity index is 0.000000162. The summed E-state index contributed by atoms with van der Waals surface area (Å²) in [5.74, 6) is -0.245. The van der Waals surface area contributed by atoms with Crippen molar-refractivity contribution >= 4 is 5.97 Å². The average Bonchev–Trinajstić information content (AvgIpc) is 2.43. The van der Waals surface area contributed by atoms with E-state index in [9.17, 15) is 4.79 Å². The largest absolute Gasteiger partial charge is 0.469 e. The Kier molecular flexibility index (Phi) is 6.24. The van der Waals surface area contributed by atoms with Crippen LogP contribution in [0.4, 0.5) is 0 Å². The summed E-state index contributed by atoms with van der Waals surface area (Å²) in [5.41, 5.74) is 0. The second-order valence-electron chi connectivity index (χ2n) is 2.46. The summed E-state index contributed by atoms with van der Waals surface area (Å²) in [6, 6.07) is 0. The third kappa shape index (κ3) is 7.47. The number of carbonyl (C=O) groups is 1. The highest BCUT2D eigenvalue weighted by Crippen LogP contribution is 2.15. The molecule has 1 aliphatic carbocycles. The molecule has 1 aliphatic rings. The molecule has 0 aromatic heterocycles. The van der Waals surface area contributed by atoms with E-state index in [0.29, 0.717) is 0 Å². The number of hydrogen-bond acceptors (Lipinski definition) is 2. The van der Waals surface area contributed by atoms with Crippen molar-refractivity contribution in [1.82, 2.24) is 0 Å². The van der Waals surface area contributed by atoms with Gasteiger partial charge in [0.15, 0.2) is 0 Å². The average molecular weight is 144 g/mol. The molecule has 0 aromatic rings. The van der Waals surface area contributed by atoms with Gasteiger partial charge in [-0.2, -0.15) is 0 Å². The topological polar surface area (TPSA) is 26.3 Å². The Morgan fingerprint density at radius 1 is 1.10 bits per heavy atom. The Morgan fingerprint density at radius 3 is 1.40 bits per heavy atom. The van der Waals surface area contributed by atoms with Crippen LogP contribution in [0.2, 0.25) is 0 Å². The van der Waals surface area contributed by atoms with Gasteiger partial charge in [0.1, 0.15) is 0 Å².